The Bertz CT molecular complexity index is 634. The Balaban J connectivity index is 2.22. The molecule has 1 unspecified atom stereocenters. The second-order valence-electron chi connectivity index (χ2n) is 5.16. The van der Waals surface area contributed by atoms with Crippen molar-refractivity contribution in [2.45, 2.75) is 38.3 Å². The standard InChI is InChI=1S/C16H18F3NO2/c1-2-3-8-22-15(21)9-13(16(17,18)19)12-10-20-14-7-5-4-6-11(12)14/h4-7,10,13,20H,2-3,8-9H2,1H3. The summed E-state index contributed by atoms with van der Waals surface area (Å²) >= 11 is 0. The van der Waals surface area contributed by atoms with Gasteiger partial charge in [0.2, 0.25) is 0 Å². The number of aromatic amines is 1. The highest BCUT2D eigenvalue weighted by Gasteiger charge is 2.43. The molecule has 0 spiro atoms. The Labute approximate surface area is 126 Å². The van der Waals surface area contributed by atoms with Crippen LogP contribution in [0.2, 0.25) is 0 Å². The quantitative estimate of drug-likeness (QED) is 0.628. The zero-order valence-corrected chi connectivity index (χ0v) is 12.2. The Morgan fingerprint density at radius 2 is 2.05 bits per heavy atom. The number of ether oxygens (including phenoxy) is 1. The summed E-state index contributed by atoms with van der Waals surface area (Å²) in [7, 11) is 0. The molecule has 2 rings (SSSR count). The number of H-pyrrole nitrogens is 1. The number of esters is 1. The summed E-state index contributed by atoms with van der Waals surface area (Å²) in [5, 5.41) is 0.478. The molecule has 1 N–H and O–H groups in total. The van der Waals surface area contributed by atoms with Crippen LogP contribution in [0, 0.1) is 0 Å². The first-order valence-electron chi connectivity index (χ1n) is 7.21. The van der Waals surface area contributed by atoms with Crippen LogP contribution in [0.5, 0.6) is 0 Å². The van der Waals surface area contributed by atoms with Crippen LogP contribution in [-0.2, 0) is 9.53 Å². The van der Waals surface area contributed by atoms with E-state index in [2.05, 4.69) is 4.98 Å². The predicted octanol–water partition coefficient (Wildman–Crippen LogP) is 4.55. The second-order valence-corrected chi connectivity index (χ2v) is 5.16. The monoisotopic (exact) mass is 313 g/mol. The molecule has 0 aliphatic rings. The van der Waals surface area contributed by atoms with Crippen molar-refractivity contribution in [1.82, 2.24) is 4.98 Å². The average Bonchev–Trinajstić information content (AvgIpc) is 2.87. The molecule has 0 saturated heterocycles. The number of rotatable bonds is 6. The van der Waals surface area contributed by atoms with Gasteiger partial charge in [-0.15, -0.1) is 0 Å². The molecular weight excluding hydrogens is 295 g/mol. The molecule has 2 aromatic rings. The van der Waals surface area contributed by atoms with Gasteiger partial charge in [-0.3, -0.25) is 4.79 Å². The van der Waals surface area contributed by atoms with Gasteiger partial charge in [0, 0.05) is 17.1 Å². The fraction of sp³-hybridized carbons (Fsp3) is 0.438. The maximum atomic E-state index is 13.3. The van der Waals surface area contributed by atoms with Gasteiger partial charge < -0.3 is 9.72 Å². The van der Waals surface area contributed by atoms with E-state index in [0.29, 0.717) is 17.3 Å². The highest BCUT2D eigenvalue weighted by molar-refractivity contribution is 5.84. The van der Waals surface area contributed by atoms with Crippen molar-refractivity contribution >= 4 is 16.9 Å². The van der Waals surface area contributed by atoms with E-state index in [9.17, 15) is 18.0 Å². The van der Waals surface area contributed by atoms with Gasteiger partial charge in [-0.05, 0) is 18.1 Å². The molecule has 120 valence electrons. The van der Waals surface area contributed by atoms with Gasteiger partial charge in [0.05, 0.1) is 18.9 Å². The third kappa shape index (κ3) is 3.81. The Morgan fingerprint density at radius 1 is 1.32 bits per heavy atom. The average molecular weight is 313 g/mol. The Kier molecular flexibility index (Phi) is 5.11. The summed E-state index contributed by atoms with van der Waals surface area (Å²) in [4.78, 5) is 14.5. The maximum absolute atomic E-state index is 13.3. The topological polar surface area (TPSA) is 42.1 Å². The Hall–Kier alpha value is -1.98. The largest absolute Gasteiger partial charge is 0.466 e. The molecule has 3 nitrogen and oxygen atoms in total. The molecule has 0 aliphatic carbocycles. The number of carbonyl (C=O) groups is 1. The first-order valence-corrected chi connectivity index (χ1v) is 7.21. The van der Waals surface area contributed by atoms with Crippen LogP contribution in [0.15, 0.2) is 30.5 Å². The number of carbonyl (C=O) groups excluding carboxylic acids is 1. The lowest BCUT2D eigenvalue weighted by molar-refractivity contribution is -0.166. The molecule has 0 amide bonds. The molecule has 0 fully saturated rings. The van der Waals surface area contributed by atoms with E-state index in [0.717, 1.165) is 6.42 Å². The van der Waals surface area contributed by atoms with E-state index in [4.69, 9.17) is 4.74 Å². The van der Waals surface area contributed by atoms with Gasteiger partial charge in [0.25, 0.3) is 0 Å². The van der Waals surface area contributed by atoms with Gasteiger partial charge >= 0.3 is 12.1 Å². The minimum Gasteiger partial charge on any atom is -0.466 e. The Morgan fingerprint density at radius 3 is 2.73 bits per heavy atom. The summed E-state index contributed by atoms with van der Waals surface area (Å²) in [6.07, 6.45) is -2.42. The zero-order valence-electron chi connectivity index (χ0n) is 12.2. The lowest BCUT2D eigenvalue weighted by Crippen LogP contribution is -2.24. The fourth-order valence-electron chi connectivity index (χ4n) is 2.34. The third-order valence-electron chi connectivity index (χ3n) is 3.52. The van der Waals surface area contributed by atoms with Crippen molar-refractivity contribution in [3.8, 4) is 0 Å². The van der Waals surface area contributed by atoms with Gasteiger partial charge in [-0.25, -0.2) is 0 Å². The van der Waals surface area contributed by atoms with E-state index in [1.54, 1.807) is 24.3 Å². The van der Waals surface area contributed by atoms with Crippen molar-refractivity contribution in [3.05, 3.63) is 36.0 Å². The van der Waals surface area contributed by atoms with E-state index < -0.39 is 24.5 Å². The van der Waals surface area contributed by atoms with Gasteiger partial charge in [-0.2, -0.15) is 13.2 Å². The number of hydrogen-bond donors (Lipinski definition) is 1. The molecule has 0 bridgehead atoms. The zero-order chi connectivity index (χ0) is 16.2. The van der Waals surface area contributed by atoms with Crippen LogP contribution in [0.25, 0.3) is 10.9 Å². The molecule has 1 heterocycles. The van der Waals surface area contributed by atoms with Crippen LogP contribution < -0.4 is 0 Å². The second kappa shape index (κ2) is 6.85. The number of nitrogens with one attached hydrogen (secondary N) is 1. The SMILES string of the molecule is CCCCOC(=O)CC(c1c[nH]c2ccccc12)C(F)(F)F. The maximum Gasteiger partial charge on any atom is 0.396 e. The van der Waals surface area contributed by atoms with Crippen molar-refractivity contribution < 1.29 is 22.7 Å². The highest BCUT2D eigenvalue weighted by atomic mass is 19.4. The van der Waals surface area contributed by atoms with Crippen LogP contribution >= 0.6 is 0 Å². The van der Waals surface area contributed by atoms with Crippen LogP contribution in [-0.4, -0.2) is 23.7 Å². The molecule has 1 atom stereocenters. The molecular formula is C16H18F3NO2. The smallest absolute Gasteiger partial charge is 0.396 e. The molecule has 22 heavy (non-hydrogen) atoms. The number of aromatic nitrogens is 1. The van der Waals surface area contributed by atoms with Crippen LogP contribution in [0.1, 0.15) is 37.7 Å². The van der Waals surface area contributed by atoms with E-state index in [1.807, 2.05) is 6.92 Å². The number of halogens is 3. The molecule has 0 saturated carbocycles. The number of benzene rings is 1. The lowest BCUT2D eigenvalue weighted by atomic mass is 9.94. The summed E-state index contributed by atoms with van der Waals surface area (Å²) in [6.45, 7) is 2.08. The van der Waals surface area contributed by atoms with E-state index in [-0.39, 0.29) is 12.2 Å². The molecule has 1 aromatic carbocycles. The van der Waals surface area contributed by atoms with Gasteiger partial charge in [0.1, 0.15) is 0 Å². The molecule has 0 radical (unpaired) electrons. The first kappa shape index (κ1) is 16.4. The highest BCUT2D eigenvalue weighted by Crippen LogP contribution is 2.40. The van der Waals surface area contributed by atoms with Crippen LogP contribution in [0.3, 0.4) is 0 Å². The van der Waals surface area contributed by atoms with Crippen molar-refractivity contribution in [2.75, 3.05) is 6.61 Å². The normalized spacial score (nSPS) is 13.3. The molecule has 6 heteroatoms. The summed E-state index contributed by atoms with van der Waals surface area (Å²) < 4.78 is 44.9. The van der Waals surface area contributed by atoms with Crippen molar-refractivity contribution in [1.29, 1.82) is 0 Å². The minimum absolute atomic E-state index is 0.0792. The predicted molar refractivity (Wildman–Crippen MR) is 77.6 cm³/mol. The minimum atomic E-state index is -4.51. The first-order chi connectivity index (χ1) is 10.4. The fourth-order valence-corrected chi connectivity index (χ4v) is 2.34. The number of unbranched alkanes of at least 4 members (excludes halogenated alkanes) is 1. The number of alkyl halides is 3. The van der Waals surface area contributed by atoms with Gasteiger partial charge in [-0.1, -0.05) is 31.5 Å². The number of fused-ring (bicyclic) bond motifs is 1. The third-order valence-corrected chi connectivity index (χ3v) is 3.52. The molecule has 1 aromatic heterocycles. The summed E-state index contributed by atoms with van der Waals surface area (Å²) in [5.74, 6) is -2.68. The molecule has 0 aliphatic heterocycles. The van der Waals surface area contributed by atoms with E-state index in [1.165, 1.54) is 6.20 Å². The summed E-state index contributed by atoms with van der Waals surface area (Å²) in [5.41, 5.74) is 0.696. The van der Waals surface area contributed by atoms with Crippen molar-refractivity contribution in [3.63, 3.8) is 0 Å². The van der Waals surface area contributed by atoms with Gasteiger partial charge in [0.15, 0.2) is 0 Å². The number of hydrogen-bond acceptors (Lipinski definition) is 2. The van der Waals surface area contributed by atoms with Crippen LogP contribution in [0.4, 0.5) is 13.2 Å². The number of para-hydroxylation sites is 1. The summed E-state index contributed by atoms with van der Waals surface area (Å²) in [6, 6.07) is 6.73. The van der Waals surface area contributed by atoms with E-state index >= 15 is 0 Å². The van der Waals surface area contributed by atoms with Crippen molar-refractivity contribution in [2.24, 2.45) is 0 Å². The lowest BCUT2D eigenvalue weighted by Gasteiger charge is -2.19.